The van der Waals surface area contributed by atoms with Crippen LogP contribution in [0.15, 0.2) is 77.4 Å². The molecule has 156 valence electrons. The number of hydrogen-bond donors (Lipinski definition) is 1. The third kappa shape index (κ3) is 5.74. The SMILES string of the molecule is CCCC(=O)N(Cc1ccc(Cl)cc1)[C@H](C(=O)NCc1ccco1)c1ccccc1. The lowest BCUT2D eigenvalue weighted by molar-refractivity contribution is -0.141. The first-order valence-electron chi connectivity index (χ1n) is 9.97. The fourth-order valence-electron chi connectivity index (χ4n) is 3.26. The number of nitrogens with zero attached hydrogens (tertiary/aromatic N) is 1. The van der Waals surface area contributed by atoms with Gasteiger partial charge in [0.15, 0.2) is 0 Å². The largest absolute Gasteiger partial charge is 0.467 e. The predicted octanol–water partition coefficient (Wildman–Crippen LogP) is 5.12. The first kappa shape index (κ1) is 21.7. The quantitative estimate of drug-likeness (QED) is 0.518. The maximum atomic E-state index is 13.3. The monoisotopic (exact) mass is 424 g/mol. The first-order valence-corrected chi connectivity index (χ1v) is 10.3. The molecule has 0 saturated carbocycles. The van der Waals surface area contributed by atoms with E-state index in [1.54, 1.807) is 35.4 Å². The second-order valence-electron chi connectivity index (χ2n) is 7.01. The van der Waals surface area contributed by atoms with Gasteiger partial charge in [-0.25, -0.2) is 0 Å². The molecule has 2 aromatic carbocycles. The van der Waals surface area contributed by atoms with Gasteiger partial charge in [-0.15, -0.1) is 0 Å². The van der Waals surface area contributed by atoms with Gasteiger partial charge in [0, 0.05) is 18.0 Å². The molecule has 0 aliphatic rings. The highest BCUT2D eigenvalue weighted by atomic mass is 35.5. The van der Waals surface area contributed by atoms with Gasteiger partial charge in [-0.3, -0.25) is 9.59 Å². The molecule has 6 heteroatoms. The summed E-state index contributed by atoms with van der Waals surface area (Å²) in [6.45, 7) is 2.52. The van der Waals surface area contributed by atoms with Crippen LogP contribution in [0.5, 0.6) is 0 Å². The summed E-state index contributed by atoms with van der Waals surface area (Å²) in [5.74, 6) is 0.324. The number of furan rings is 1. The highest BCUT2D eigenvalue weighted by Gasteiger charge is 2.31. The Balaban J connectivity index is 1.91. The Labute approximate surface area is 181 Å². The van der Waals surface area contributed by atoms with Gasteiger partial charge in [0.25, 0.3) is 0 Å². The second-order valence-corrected chi connectivity index (χ2v) is 7.44. The molecule has 0 aliphatic heterocycles. The average Bonchev–Trinajstić information content (AvgIpc) is 3.28. The van der Waals surface area contributed by atoms with Crippen molar-refractivity contribution >= 4 is 23.4 Å². The molecule has 0 radical (unpaired) electrons. The Morgan fingerprint density at radius 1 is 1.03 bits per heavy atom. The van der Waals surface area contributed by atoms with Gasteiger partial charge >= 0.3 is 0 Å². The molecule has 0 bridgehead atoms. The maximum absolute atomic E-state index is 13.3. The van der Waals surface area contributed by atoms with E-state index in [1.165, 1.54) is 0 Å². The predicted molar refractivity (Wildman–Crippen MR) is 117 cm³/mol. The van der Waals surface area contributed by atoms with E-state index in [2.05, 4.69) is 5.32 Å². The van der Waals surface area contributed by atoms with Gasteiger partial charge < -0.3 is 14.6 Å². The summed E-state index contributed by atoms with van der Waals surface area (Å²) in [7, 11) is 0. The molecule has 0 unspecified atom stereocenters. The molecule has 1 aromatic heterocycles. The third-order valence-corrected chi connectivity index (χ3v) is 4.99. The summed E-state index contributed by atoms with van der Waals surface area (Å²) in [5, 5.41) is 3.53. The van der Waals surface area contributed by atoms with Crippen LogP contribution in [0.1, 0.15) is 42.7 Å². The zero-order valence-corrected chi connectivity index (χ0v) is 17.6. The van der Waals surface area contributed by atoms with Crippen LogP contribution in [0.4, 0.5) is 0 Å². The summed E-state index contributed by atoms with van der Waals surface area (Å²) < 4.78 is 5.31. The van der Waals surface area contributed by atoms with E-state index in [9.17, 15) is 9.59 Å². The van der Waals surface area contributed by atoms with E-state index < -0.39 is 6.04 Å². The number of benzene rings is 2. The summed E-state index contributed by atoms with van der Waals surface area (Å²) >= 11 is 6.01. The molecule has 3 aromatic rings. The summed E-state index contributed by atoms with van der Waals surface area (Å²) in [6.07, 6.45) is 2.63. The Hall–Kier alpha value is -3.05. The minimum atomic E-state index is -0.754. The van der Waals surface area contributed by atoms with Crippen molar-refractivity contribution in [3.8, 4) is 0 Å². The summed E-state index contributed by atoms with van der Waals surface area (Å²) in [4.78, 5) is 28.0. The van der Waals surface area contributed by atoms with E-state index in [1.807, 2.05) is 49.4 Å². The van der Waals surface area contributed by atoms with Gasteiger partial charge in [-0.1, -0.05) is 61.0 Å². The second kappa shape index (κ2) is 10.6. The van der Waals surface area contributed by atoms with E-state index in [0.717, 1.165) is 11.1 Å². The van der Waals surface area contributed by atoms with Gasteiger partial charge in [-0.2, -0.15) is 0 Å². The molecule has 0 aliphatic carbocycles. The molecular weight excluding hydrogens is 400 g/mol. The van der Waals surface area contributed by atoms with Crippen LogP contribution in [-0.2, 0) is 22.7 Å². The van der Waals surface area contributed by atoms with Crippen molar-refractivity contribution in [3.63, 3.8) is 0 Å². The van der Waals surface area contributed by atoms with Gasteiger partial charge in [-0.05, 0) is 41.8 Å². The normalized spacial score (nSPS) is 11.7. The number of rotatable bonds is 9. The lowest BCUT2D eigenvalue weighted by Gasteiger charge is -2.31. The summed E-state index contributed by atoms with van der Waals surface area (Å²) in [5.41, 5.74) is 1.66. The van der Waals surface area contributed by atoms with E-state index >= 15 is 0 Å². The highest BCUT2D eigenvalue weighted by molar-refractivity contribution is 6.30. The van der Waals surface area contributed by atoms with Crippen LogP contribution in [0.3, 0.4) is 0 Å². The molecule has 3 rings (SSSR count). The topological polar surface area (TPSA) is 62.6 Å². The van der Waals surface area contributed by atoms with Crippen LogP contribution < -0.4 is 5.32 Å². The number of halogens is 1. The van der Waals surface area contributed by atoms with Crippen LogP contribution >= 0.6 is 11.6 Å². The van der Waals surface area contributed by atoms with Crippen molar-refractivity contribution in [1.29, 1.82) is 0 Å². The van der Waals surface area contributed by atoms with Gasteiger partial charge in [0.1, 0.15) is 11.8 Å². The maximum Gasteiger partial charge on any atom is 0.247 e. The van der Waals surface area contributed by atoms with E-state index in [4.69, 9.17) is 16.0 Å². The number of hydrogen-bond acceptors (Lipinski definition) is 3. The Kier molecular flexibility index (Phi) is 7.69. The van der Waals surface area contributed by atoms with Crippen molar-refractivity contribution in [2.24, 2.45) is 0 Å². The minimum absolute atomic E-state index is 0.0746. The molecule has 1 N–H and O–H groups in total. The molecule has 0 fully saturated rings. The number of carbonyl (C=O) groups excluding carboxylic acids is 2. The molecule has 1 atom stereocenters. The van der Waals surface area contributed by atoms with Crippen LogP contribution in [0, 0.1) is 0 Å². The molecule has 0 saturated heterocycles. The molecule has 0 spiro atoms. The number of nitrogens with one attached hydrogen (secondary N) is 1. The van der Waals surface area contributed by atoms with Crippen molar-refractivity contribution < 1.29 is 14.0 Å². The molecule has 2 amide bonds. The van der Waals surface area contributed by atoms with E-state index in [0.29, 0.717) is 30.2 Å². The fraction of sp³-hybridized carbons (Fsp3) is 0.250. The lowest BCUT2D eigenvalue weighted by Crippen LogP contribution is -2.43. The Bertz CT molecular complexity index is 940. The smallest absolute Gasteiger partial charge is 0.247 e. The van der Waals surface area contributed by atoms with Gasteiger partial charge in [0.2, 0.25) is 11.8 Å². The lowest BCUT2D eigenvalue weighted by atomic mass is 10.0. The van der Waals surface area contributed by atoms with Crippen molar-refractivity contribution in [1.82, 2.24) is 10.2 Å². The minimum Gasteiger partial charge on any atom is -0.467 e. The number of amides is 2. The standard InChI is InChI=1S/C24H25ClN2O3/c1-2-7-22(28)27(17-18-11-13-20(25)14-12-18)23(19-8-4-3-5-9-19)24(29)26-16-21-10-6-15-30-21/h3-6,8-15,23H,2,7,16-17H2,1H3,(H,26,29)/t23-/m0/s1. The van der Waals surface area contributed by atoms with Crippen LogP contribution in [0.25, 0.3) is 0 Å². The molecular formula is C24H25ClN2O3. The summed E-state index contributed by atoms with van der Waals surface area (Å²) in [6, 6.07) is 19.5. The third-order valence-electron chi connectivity index (χ3n) is 4.74. The molecule has 5 nitrogen and oxygen atoms in total. The van der Waals surface area contributed by atoms with Crippen LogP contribution in [-0.4, -0.2) is 16.7 Å². The van der Waals surface area contributed by atoms with E-state index in [-0.39, 0.29) is 18.4 Å². The number of carbonyl (C=O) groups is 2. The van der Waals surface area contributed by atoms with Crippen molar-refractivity contribution in [2.75, 3.05) is 0 Å². The van der Waals surface area contributed by atoms with Crippen molar-refractivity contribution in [3.05, 3.63) is 94.9 Å². The van der Waals surface area contributed by atoms with Crippen LogP contribution in [0.2, 0.25) is 5.02 Å². The van der Waals surface area contributed by atoms with Crippen molar-refractivity contribution in [2.45, 2.75) is 38.9 Å². The highest BCUT2D eigenvalue weighted by Crippen LogP contribution is 2.25. The molecule has 1 heterocycles. The fourth-order valence-corrected chi connectivity index (χ4v) is 3.39. The first-order chi connectivity index (χ1) is 14.6. The average molecular weight is 425 g/mol. The van der Waals surface area contributed by atoms with Gasteiger partial charge in [0.05, 0.1) is 12.8 Å². The zero-order chi connectivity index (χ0) is 21.3. The Morgan fingerprint density at radius 3 is 2.40 bits per heavy atom. The Morgan fingerprint density at radius 2 is 1.77 bits per heavy atom. The zero-order valence-electron chi connectivity index (χ0n) is 16.9. The molecule has 30 heavy (non-hydrogen) atoms.